The van der Waals surface area contributed by atoms with Crippen LogP contribution in [0.1, 0.15) is 38.1 Å². The maximum atomic E-state index is 12.3. The fourth-order valence-electron chi connectivity index (χ4n) is 2.25. The predicted molar refractivity (Wildman–Crippen MR) is 87.0 cm³/mol. The molecule has 114 valence electrons. The van der Waals surface area contributed by atoms with Gasteiger partial charge in [-0.25, -0.2) is 0 Å². The number of carbonyl (C=O) groups excluding carboxylic acids is 2. The lowest BCUT2D eigenvalue weighted by molar-refractivity contribution is -0.121. The predicted octanol–water partition coefficient (Wildman–Crippen LogP) is 2.92. The Kier molecular flexibility index (Phi) is 4.93. The number of hydrogen-bond donors (Lipinski definition) is 1. The Morgan fingerprint density at radius 3 is 2.57 bits per heavy atom. The Hall–Kier alpha value is -1.49. The fraction of sp³-hybridized carbons (Fsp3) is 0.500. The SMILES string of the molecule is CC(C)NC(=O)c1ccc2c(c1)N(C(=O)C(C)C)CCS2. The van der Waals surface area contributed by atoms with E-state index in [0.717, 1.165) is 16.3 Å². The molecular weight excluding hydrogens is 284 g/mol. The highest BCUT2D eigenvalue weighted by Gasteiger charge is 2.25. The van der Waals surface area contributed by atoms with Crippen molar-refractivity contribution in [1.29, 1.82) is 0 Å². The summed E-state index contributed by atoms with van der Waals surface area (Å²) in [6, 6.07) is 5.69. The molecule has 0 atom stereocenters. The number of anilines is 1. The second-order valence-electron chi connectivity index (χ2n) is 5.80. The molecular formula is C16H22N2O2S. The van der Waals surface area contributed by atoms with E-state index in [2.05, 4.69) is 5.32 Å². The molecule has 1 aliphatic rings. The number of hydrogen-bond acceptors (Lipinski definition) is 3. The average molecular weight is 306 g/mol. The summed E-state index contributed by atoms with van der Waals surface area (Å²) in [5, 5.41) is 2.88. The van der Waals surface area contributed by atoms with Crippen molar-refractivity contribution in [3.63, 3.8) is 0 Å². The van der Waals surface area contributed by atoms with Crippen LogP contribution in [0.25, 0.3) is 0 Å². The second kappa shape index (κ2) is 6.52. The first-order valence-corrected chi connectivity index (χ1v) is 8.27. The number of nitrogens with zero attached hydrogens (tertiary/aromatic N) is 1. The van der Waals surface area contributed by atoms with E-state index in [0.29, 0.717) is 12.1 Å². The lowest BCUT2D eigenvalue weighted by Crippen LogP contribution is -2.38. The van der Waals surface area contributed by atoms with Crippen molar-refractivity contribution in [3.05, 3.63) is 23.8 Å². The van der Waals surface area contributed by atoms with Gasteiger partial charge in [0.2, 0.25) is 5.91 Å². The van der Waals surface area contributed by atoms with Gasteiger partial charge in [0, 0.05) is 34.7 Å². The molecule has 0 saturated heterocycles. The van der Waals surface area contributed by atoms with E-state index in [4.69, 9.17) is 0 Å². The van der Waals surface area contributed by atoms with Crippen LogP contribution in [-0.4, -0.2) is 30.2 Å². The maximum absolute atomic E-state index is 12.3. The van der Waals surface area contributed by atoms with E-state index >= 15 is 0 Å². The van der Waals surface area contributed by atoms with Gasteiger partial charge in [-0.1, -0.05) is 13.8 Å². The second-order valence-corrected chi connectivity index (χ2v) is 6.94. The van der Waals surface area contributed by atoms with Gasteiger partial charge in [-0.15, -0.1) is 11.8 Å². The van der Waals surface area contributed by atoms with Gasteiger partial charge < -0.3 is 10.2 Å². The molecule has 0 aromatic heterocycles. The summed E-state index contributed by atoms with van der Waals surface area (Å²) in [6.45, 7) is 8.36. The Balaban J connectivity index is 2.34. The molecule has 0 bridgehead atoms. The quantitative estimate of drug-likeness (QED) is 0.934. The zero-order valence-corrected chi connectivity index (χ0v) is 13.8. The normalized spacial score (nSPS) is 14.3. The molecule has 1 aromatic rings. The highest BCUT2D eigenvalue weighted by molar-refractivity contribution is 7.99. The van der Waals surface area contributed by atoms with Crippen molar-refractivity contribution in [2.75, 3.05) is 17.2 Å². The minimum Gasteiger partial charge on any atom is -0.350 e. The van der Waals surface area contributed by atoms with E-state index < -0.39 is 0 Å². The molecule has 0 aliphatic carbocycles. The van der Waals surface area contributed by atoms with E-state index in [-0.39, 0.29) is 23.8 Å². The van der Waals surface area contributed by atoms with Gasteiger partial charge in [0.1, 0.15) is 0 Å². The van der Waals surface area contributed by atoms with Crippen molar-refractivity contribution in [2.45, 2.75) is 38.6 Å². The van der Waals surface area contributed by atoms with Crippen molar-refractivity contribution in [2.24, 2.45) is 5.92 Å². The largest absolute Gasteiger partial charge is 0.350 e. The summed E-state index contributed by atoms with van der Waals surface area (Å²) in [5.74, 6) is 0.857. The molecule has 1 aliphatic heterocycles. The van der Waals surface area contributed by atoms with E-state index in [1.807, 2.05) is 50.8 Å². The minimum atomic E-state index is -0.0969. The highest BCUT2D eigenvalue weighted by atomic mass is 32.2. The lowest BCUT2D eigenvalue weighted by Gasteiger charge is -2.30. The summed E-state index contributed by atoms with van der Waals surface area (Å²) < 4.78 is 0. The van der Waals surface area contributed by atoms with Gasteiger partial charge in [0.25, 0.3) is 5.91 Å². The zero-order chi connectivity index (χ0) is 15.6. The monoisotopic (exact) mass is 306 g/mol. The van der Waals surface area contributed by atoms with E-state index in [9.17, 15) is 9.59 Å². The Morgan fingerprint density at radius 2 is 1.95 bits per heavy atom. The first-order chi connectivity index (χ1) is 9.90. The number of carbonyl (C=O) groups is 2. The molecule has 0 saturated carbocycles. The molecule has 0 fully saturated rings. The number of rotatable bonds is 3. The van der Waals surface area contributed by atoms with Gasteiger partial charge in [-0.3, -0.25) is 9.59 Å². The fourth-order valence-corrected chi connectivity index (χ4v) is 3.22. The number of fused-ring (bicyclic) bond motifs is 1. The standard InChI is InChI=1S/C16H22N2O2S/c1-10(2)16(20)18-7-8-21-14-6-5-12(9-13(14)18)15(19)17-11(3)4/h5-6,9-11H,7-8H2,1-4H3,(H,17,19). The lowest BCUT2D eigenvalue weighted by atomic mass is 10.1. The molecule has 1 heterocycles. The number of nitrogens with one attached hydrogen (secondary N) is 1. The summed E-state index contributed by atoms with van der Waals surface area (Å²) in [6.07, 6.45) is 0. The molecule has 2 amide bonds. The third-order valence-corrected chi connectivity index (χ3v) is 4.31. The van der Waals surface area contributed by atoms with E-state index in [1.54, 1.807) is 11.8 Å². The van der Waals surface area contributed by atoms with Crippen molar-refractivity contribution in [3.8, 4) is 0 Å². The van der Waals surface area contributed by atoms with Crippen molar-refractivity contribution >= 4 is 29.3 Å². The van der Waals surface area contributed by atoms with Crippen LogP contribution in [0.15, 0.2) is 23.1 Å². The van der Waals surface area contributed by atoms with Gasteiger partial charge in [-0.2, -0.15) is 0 Å². The van der Waals surface area contributed by atoms with Crippen molar-refractivity contribution in [1.82, 2.24) is 5.32 Å². The number of thioether (sulfide) groups is 1. The Bertz CT molecular complexity index is 555. The first-order valence-electron chi connectivity index (χ1n) is 7.29. The molecule has 1 N–H and O–H groups in total. The molecule has 0 unspecified atom stereocenters. The molecule has 21 heavy (non-hydrogen) atoms. The maximum Gasteiger partial charge on any atom is 0.251 e. The van der Waals surface area contributed by atoms with Gasteiger partial charge in [-0.05, 0) is 32.0 Å². The van der Waals surface area contributed by atoms with Gasteiger partial charge >= 0.3 is 0 Å². The molecule has 5 heteroatoms. The van der Waals surface area contributed by atoms with Crippen molar-refractivity contribution < 1.29 is 9.59 Å². The smallest absolute Gasteiger partial charge is 0.251 e. The third-order valence-electron chi connectivity index (χ3n) is 3.26. The zero-order valence-electron chi connectivity index (χ0n) is 13.0. The van der Waals surface area contributed by atoms with E-state index in [1.165, 1.54) is 0 Å². The van der Waals surface area contributed by atoms with Crippen LogP contribution < -0.4 is 10.2 Å². The molecule has 4 nitrogen and oxygen atoms in total. The van der Waals surface area contributed by atoms with Crippen LogP contribution in [0.4, 0.5) is 5.69 Å². The number of amides is 2. The average Bonchev–Trinajstić information content (AvgIpc) is 2.44. The summed E-state index contributed by atoms with van der Waals surface area (Å²) in [7, 11) is 0. The van der Waals surface area contributed by atoms with Crippen LogP contribution in [0.2, 0.25) is 0 Å². The topological polar surface area (TPSA) is 49.4 Å². The Morgan fingerprint density at radius 1 is 1.24 bits per heavy atom. The van der Waals surface area contributed by atoms with Crippen LogP contribution in [0, 0.1) is 5.92 Å². The van der Waals surface area contributed by atoms with Gasteiger partial charge in [0.15, 0.2) is 0 Å². The summed E-state index contributed by atoms with van der Waals surface area (Å²) in [5.41, 5.74) is 1.47. The molecule has 0 radical (unpaired) electrons. The first kappa shape index (κ1) is 15.9. The molecule has 0 spiro atoms. The highest BCUT2D eigenvalue weighted by Crippen LogP contribution is 2.36. The van der Waals surface area contributed by atoms with Crippen LogP contribution in [-0.2, 0) is 4.79 Å². The summed E-state index contributed by atoms with van der Waals surface area (Å²) >= 11 is 1.73. The molecule has 1 aromatic carbocycles. The Labute approximate surface area is 130 Å². The van der Waals surface area contributed by atoms with Crippen LogP contribution in [0.3, 0.4) is 0 Å². The molecule has 2 rings (SSSR count). The van der Waals surface area contributed by atoms with Gasteiger partial charge in [0.05, 0.1) is 5.69 Å². The minimum absolute atomic E-state index is 0.0471. The van der Waals surface area contributed by atoms with Crippen LogP contribution in [0.5, 0.6) is 0 Å². The van der Waals surface area contributed by atoms with Crippen LogP contribution >= 0.6 is 11.8 Å². The third kappa shape index (κ3) is 3.59. The number of benzene rings is 1. The summed E-state index contributed by atoms with van der Waals surface area (Å²) in [4.78, 5) is 27.3.